The van der Waals surface area contributed by atoms with Crippen molar-refractivity contribution >= 4 is 0 Å². The minimum absolute atomic E-state index is 0.453. The molecule has 24 heavy (non-hydrogen) atoms. The van der Waals surface area contributed by atoms with Crippen molar-refractivity contribution in [3.8, 4) is 0 Å². The highest BCUT2D eigenvalue weighted by Crippen LogP contribution is 2.66. The Balaban J connectivity index is 1.70. The molecule has 0 bridgehead atoms. The molecular weight excluding hydrogens is 290 g/mol. The first-order valence-corrected chi connectivity index (χ1v) is 10.2. The van der Waals surface area contributed by atoms with E-state index in [1.54, 1.807) is 5.57 Å². The van der Waals surface area contributed by atoms with Crippen LogP contribution in [0.25, 0.3) is 0 Å². The lowest BCUT2D eigenvalue weighted by atomic mass is 9.47. The van der Waals surface area contributed by atoms with Gasteiger partial charge in [0.2, 0.25) is 0 Å². The lowest BCUT2D eigenvalue weighted by Gasteiger charge is -2.58. The van der Waals surface area contributed by atoms with E-state index >= 15 is 0 Å². The first-order valence-electron chi connectivity index (χ1n) is 10.2. The summed E-state index contributed by atoms with van der Waals surface area (Å²) < 4.78 is 0. The van der Waals surface area contributed by atoms with Gasteiger partial charge in [0.25, 0.3) is 0 Å². The molecule has 0 aliphatic heterocycles. The fraction of sp³-hybridized carbons (Fsp3) is 0.739. The second-order valence-corrected chi connectivity index (χ2v) is 9.56. The van der Waals surface area contributed by atoms with Crippen LogP contribution in [0.15, 0.2) is 36.5 Å². The molecule has 0 aromatic rings. The van der Waals surface area contributed by atoms with Gasteiger partial charge in [-0.05, 0) is 99.1 Å². The molecule has 0 N–H and O–H groups in total. The molecule has 0 radical (unpaired) electrons. The third-order valence-electron chi connectivity index (χ3n) is 8.33. The van der Waals surface area contributed by atoms with Crippen LogP contribution in [0.4, 0.5) is 0 Å². The fourth-order valence-corrected chi connectivity index (χ4v) is 7.41. The Hall–Kier alpha value is -0.820. The number of nitrogens with zero attached hydrogens (tertiary/aromatic N) is 1. The van der Waals surface area contributed by atoms with Crippen molar-refractivity contribution < 1.29 is 0 Å². The van der Waals surface area contributed by atoms with Crippen molar-refractivity contribution in [2.45, 2.75) is 51.9 Å². The molecule has 2 fully saturated rings. The van der Waals surface area contributed by atoms with Crippen molar-refractivity contribution in [3.05, 3.63) is 36.5 Å². The average molecular weight is 326 g/mol. The van der Waals surface area contributed by atoms with Crippen LogP contribution in [-0.2, 0) is 0 Å². The zero-order valence-corrected chi connectivity index (χ0v) is 15.9. The third kappa shape index (κ3) is 2.23. The largest absolute Gasteiger partial charge is 0.309 e. The summed E-state index contributed by atoms with van der Waals surface area (Å²) in [5.74, 6) is 3.45. The minimum Gasteiger partial charge on any atom is -0.309 e. The van der Waals surface area contributed by atoms with Gasteiger partial charge in [-0.15, -0.1) is 6.58 Å². The van der Waals surface area contributed by atoms with E-state index in [0.717, 1.165) is 23.7 Å². The predicted molar refractivity (Wildman–Crippen MR) is 103 cm³/mol. The van der Waals surface area contributed by atoms with Gasteiger partial charge < -0.3 is 4.90 Å². The first kappa shape index (κ1) is 16.6. The summed E-state index contributed by atoms with van der Waals surface area (Å²) in [6, 6.07) is 0. The van der Waals surface area contributed by atoms with Gasteiger partial charge in [0.05, 0.1) is 0 Å². The quantitative estimate of drug-likeness (QED) is 0.623. The molecule has 0 heterocycles. The summed E-state index contributed by atoms with van der Waals surface area (Å²) in [7, 11) is 4.53. The zero-order chi connectivity index (χ0) is 16.9. The van der Waals surface area contributed by atoms with Gasteiger partial charge in [-0.2, -0.15) is 0 Å². The van der Waals surface area contributed by atoms with Crippen LogP contribution >= 0.6 is 0 Å². The number of fused-ring (bicyclic) bond motifs is 5. The lowest BCUT2D eigenvalue weighted by molar-refractivity contribution is -0.0493. The predicted octanol–water partition coefficient (Wildman–Crippen LogP) is 5.46. The molecule has 0 amide bonds. The standard InChI is InChI=1S/C23H35N/c1-5-17-10-12-21-19-11-9-18-8-6-7-14-22(18,2)20(19)13-15-23(17,21)16-24(3)4/h5-6,8-9,17,19-21H,1,7,10-16H2,2-4H3/t17-,19+,20-,21-,22-,23-/m0/s1. The van der Waals surface area contributed by atoms with Gasteiger partial charge >= 0.3 is 0 Å². The van der Waals surface area contributed by atoms with E-state index in [1.807, 2.05) is 0 Å². The Kier molecular flexibility index (Phi) is 4.07. The Labute approximate surface area is 148 Å². The summed E-state index contributed by atoms with van der Waals surface area (Å²) in [6.45, 7) is 8.07. The van der Waals surface area contributed by atoms with Gasteiger partial charge in [-0.25, -0.2) is 0 Å². The highest BCUT2D eigenvalue weighted by atomic mass is 15.1. The SMILES string of the molecule is C=C[C@H]1CC[C@H]2[C@@H]3CC=C4C=CCC[C@]4(C)[C@H]3CC[C@]12CN(C)C. The molecule has 2 saturated carbocycles. The molecule has 0 aromatic carbocycles. The number of hydrogen-bond donors (Lipinski definition) is 0. The van der Waals surface area contributed by atoms with E-state index in [0.29, 0.717) is 10.8 Å². The molecule has 4 aliphatic carbocycles. The maximum absolute atomic E-state index is 4.23. The highest BCUT2D eigenvalue weighted by molar-refractivity contribution is 5.34. The zero-order valence-electron chi connectivity index (χ0n) is 15.9. The molecule has 6 atom stereocenters. The van der Waals surface area contributed by atoms with Crippen LogP contribution in [0.2, 0.25) is 0 Å². The third-order valence-corrected chi connectivity index (χ3v) is 8.33. The van der Waals surface area contributed by atoms with Gasteiger partial charge in [0.1, 0.15) is 0 Å². The molecule has 0 aromatic heterocycles. The average Bonchev–Trinajstić information content (AvgIpc) is 2.91. The topological polar surface area (TPSA) is 3.24 Å². The number of rotatable bonds is 3. The summed E-state index contributed by atoms with van der Waals surface area (Å²) in [5, 5.41) is 0. The lowest BCUT2D eigenvalue weighted by Crippen LogP contribution is -2.52. The Morgan fingerprint density at radius 3 is 2.79 bits per heavy atom. The van der Waals surface area contributed by atoms with Gasteiger partial charge in [-0.1, -0.05) is 31.2 Å². The van der Waals surface area contributed by atoms with Crippen LogP contribution in [0.5, 0.6) is 0 Å². The smallest absolute Gasteiger partial charge is 0.00403 e. The van der Waals surface area contributed by atoms with Crippen LogP contribution in [0.1, 0.15) is 51.9 Å². The summed E-state index contributed by atoms with van der Waals surface area (Å²) >= 11 is 0. The summed E-state index contributed by atoms with van der Waals surface area (Å²) in [6.07, 6.45) is 19.4. The van der Waals surface area contributed by atoms with Crippen LogP contribution < -0.4 is 0 Å². The van der Waals surface area contributed by atoms with Gasteiger partial charge in [0.15, 0.2) is 0 Å². The fourth-order valence-electron chi connectivity index (χ4n) is 7.41. The van der Waals surface area contributed by atoms with Crippen molar-refractivity contribution in [2.75, 3.05) is 20.6 Å². The van der Waals surface area contributed by atoms with E-state index in [9.17, 15) is 0 Å². The van der Waals surface area contributed by atoms with E-state index in [2.05, 4.69) is 56.8 Å². The monoisotopic (exact) mass is 325 g/mol. The van der Waals surface area contributed by atoms with Gasteiger partial charge in [-0.3, -0.25) is 0 Å². The van der Waals surface area contributed by atoms with E-state index in [1.165, 1.54) is 51.5 Å². The molecule has 0 unspecified atom stereocenters. The second-order valence-electron chi connectivity index (χ2n) is 9.56. The van der Waals surface area contributed by atoms with Crippen molar-refractivity contribution in [1.29, 1.82) is 0 Å². The maximum Gasteiger partial charge on any atom is 0.00403 e. The van der Waals surface area contributed by atoms with Crippen LogP contribution in [0, 0.1) is 34.5 Å². The molecule has 132 valence electrons. The van der Waals surface area contributed by atoms with Crippen LogP contribution in [-0.4, -0.2) is 25.5 Å². The Morgan fingerprint density at radius 1 is 1.21 bits per heavy atom. The number of hydrogen-bond acceptors (Lipinski definition) is 1. The number of allylic oxidation sites excluding steroid dienone is 5. The van der Waals surface area contributed by atoms with Crippen LogP contribution in [0.3, 0.4) is 0 Å². The molecular formula is C23H35N. The second kappa shape index (κ2) is 5.87. The minimum atomic E-state index is 0.453. The first-order chi connectivity index (χ1) is 11.5. The summed E-state index contributed by atoms with van der Waals surface area (Å²) in [5.41, 5.74) is 2.61. The summed E-state index contributed by atoms with van der Waals surface area (Å²) in [4.78, 5) is 2.45. The normalized spacial score (nSPS) is 46.9. The van der Waals surface area contributed by atoms with Crippen molar-refractivity contribution in [2.24, 2.45) is 34.5 Å². The van der Waals surface area contributed by atoms with Crippen molar-refractivity contribution in [3.63, 3.8) is 0 Å². The molecule has 4 aliphatic rings. The molecule has 0 saturated heterocycles. The van der Waals surface area contributed by atoms with Gasteiger partial charge in [0, 0.05) is 6.54 Å². The van der Waals surface area contributed by atoms with E-state index in [-0.39, 0.29) is 0 Å². The molecule has 1 heteroatoms. The van der Waals surface area contributed by atoms with E-state index in [4.69, 9.17) is 0 Å². The molecule has 1 nitrogen and oxygen atoms in total. The Morgan fingerprint density at radius 2 is 2.04 bits per heavy atom. The molecule has 4 rings (SSSR count). The van der Waals surface area contributed by atoms with Crippen molar-refractivity contribution in [1.82, 2.24) is 4.90 Å². The molecule has 0 spiro atoms. The maximum atomic E-state index is 4.23. The van der Waals surface area contributed by atoms with E-state index < -0.39 is 0 Å². The Bertz CT molecular complexity index is 571. The highest BCUT2D eigenvalue weighted by Gasteiger charge is 2.59.